The van der Waals surface area contributed by atoms with E-state index in [1.807, 2.05) is 4.90 Å². The molecule has 1 saturated heterocycles. The van der Waals surface area contributed by atoms with Crippen LogP contribution in [-0.2, 0) is 4.79 Å². The fourth-order valence-corrected chi connectivity index (χ4v) is 3.32. The third kappa shape index (κ3) is 2.16. The smallest absolute Gasteiger partial charge is 0.225 e. The third-order valence-electron chi connectivity index (χ3n) is 4.29. The zero-order valence-electron chi connectivity index (χ0n) is 11.7. The Bertz CT molecular complexity index is 493. The van der Waals surface area contributed by atoms with Crippen LogP contribution in [0.25, 0.3) is 0 Å². The first kappa shape index (κ1) is 12.7. The quantitative estimate of drug-likeness (QED) is 0.905. The number of nitrogens with two attached hydrogens (primary N) is 1. The summed E-state index contributed by atoms with van der Waals surface area (Å²) in [4.78, 5) is 14.1. The molecule has 2 unspecified atom stereocenters. The average Bonchev–Trinajstić information content (AvgIpc) is 3.15. The molecule has 3 nitrogen and oxygen atoms in total. The van der Waals surface area contributed by atoms with Crippen molar-refractivity contribution in [3.8, 4) is 0 Å². The number of benzene rings is 1. The molecule has 102 valence electrons. The molecule has 2 aliphatic rings. The van der Waals surface area contributed by atoms with Gasteiger partial charge >= 0.3 is 0 Å². The van der Waals surface area contributed by atoms with Gasteiger partial charge < -0.3 is 10.6 Å². The van der Waals surface area contributed by atoms with Crippen LogP contribution in [0.1, 0.15) is 56.2 Å². The Kier molecular flexibility index (Phi) is 3.09. The second kappa shape index (κ2) is 4.64. The standard InChI is InChI=1S/C16H22N2O/c1-10(2)18-15(19)9-14(17)16(18)13-6-4-3-5-12(13)11-7-8-11/h3-6,10-11,14,16H,7-9,17H2,1-2H3. The summed E-state index contributed by atoms with van der Waals surface area (Å²) < 4.78 is 0. The second-order valence-corrected chi connectivity index (χ2v) is 6.11. The molecule has 1 aromatic rings. The number of hydrogen-bond acceptors (Lipinski definition) is 2. The van der Waals surface area contributed by atoms with Crippen LogP contribution in [0.15, 0.2) is 24.3 Å². The summed E-state index contributed by atoms with van der Waals surface area (Å²) in [5, 5.41) is 0. The summed E-state index contributed by atoms with van der Waals surface area (Å²) in [5.41, 5.74) is 8.94. The van der Waals surface area contributed by atoms with E-state index in [-0.39, 0.29) is 24.0 Å². The van der Waals surface area contributed by atoms with Crippen molar-refractivity contribution in [1.82, 2.24) is 4.90 Å². The first-order valence-electron chi connectivity index (χ1n) is 7.25. The minimum atomic E-state index is -0.0743. The Morgan fingerprint density at radius 1 is 1.21 bits per heavy atom. The summed E-state index contributed by atoms with van der Waals surface area (Å²) in [6.07, 6.45) is 3.02. The predicted molar refractivity (Wildman–Crippen MR) is 75.7 cm³/mol. The molecule has 0 aromatic heterocycles. The van der Waals surface area contributed by atoms with Crippen molar-refractivity contribution in [2.24, 2.45) is 5.73 Å². The summed E-state index contributed by atoms with van der Waals surface area (Å²) in [6, 6.07) is 8.72. The van der Waals surface area contributed by atoms with Crippen molar-refractivity contribution in [2.45, 2.75) is 57.2 Å². The zero-order valence-corrected chi connectivity index (χ0v) is 11.7. The number of nitrogens with zero attached hydrogens (tertiary/aromatic N) is 1. The highest BCUT2D eigenvalue weighted by molar-refractivity contribution is 5.80. The molecule has 0 spiro atoms. The van der Waals surface area contributed by atoms with Crippen LogP contribution in [-0.4, -0.2) is 22.9 Å². The van der Waals surface area contributed by atoms with Gasteiger partial charge in [0.15, 0.2) is 0 Å². The van der Waals surface area contributed by atoms with Gasteiger partial charge in [-0.25, -0.2) is 0 Å². The topological polar surface area (TPSA) is 46.3 Å². The van der Waals surface area contributed by atoms with Crippen LogP contribution in [0.4, 0.5) is 0 Å². The zero-order chi connectivity index (χ0) is 13.6. The van der Waals surface area contributed by atoms with Crippen molar-refractivity contribution < 1.29 is 4.79 Å². The molecule has 1 aliphatic carbocycles. The molecule has 1 saturated carbocycles. The van der Waals surface area contributed by atoms with E-state index in [0.717, 1.165) is 0 Å². The molecule has 1 aromatic carbocycles. The Labute approximate surface area is 114 Å². The summed E-state index contributed by atoms with van der Waals surface area (Å²) in [6.45, 7) is 4.14. The van der Waals surface area contributed by atoms with Crippen LogP contribution in [0.3, 0.4) is 0 Å². The molecule has 3 heteroatoms. The predicted octanol–water partition coefficient (Wildman–Crippen LogP) is 2.57. The highest BCUT2D eigenvalue weighted by atomic mass is 16.2. The second-order valence-electron chi connectivity index (χ2n) is 6.11. The van der Waals surface area contributed by atoms with E-state index in [2.05, 4.69) is 38.1 Å². The lowest BCUT2D eigenvalue weighted by atomic mass is 9.93. The largest absolute Gasteiger partial charge is 0.332 e. The van der Waals surface area contributed by atoms with Gasteiger partial charge in [0, 0.05) is 18.5 Å². The summed E-state index contributed by atoms with van der Waals surface area (Å²) in [5.74, 6) is 0.881. The first-order valence-corrected chi connectivity index (χ1v) is 7.25. The molecule has 1 amide bonds. The maximum atomic E-state index is 12.2. The Morgan fingerprint density at radius 2 is 1.84 bits per heavy atom. The van der Waals surface area contributed by atoms with E-state index < -0.39 is 0 Å². The number of amides is 1. The monoisotopic (exact) mass is 258 g/mol. The number of carbonyl (C=O) groups is 1. The third-order valence-corrected chi connectivity index (χ3v) is 4.29. The van der Waals surface area contributed by atoms with Gasteiger partial charge in [-0.15, -0.1) is 0 Å². The van der Waals surface area contributed by atoms with Gasteiger partial charge in [-0.05, 0) is 43.7 Å². The van der Waals surface area contributed by atoms with Crippen molar-refractivity contribution >= 4 is 5.91 Å². The van der Waals surface area contributed by atoms with E-state index in [9.17, 15) is 4.79 Å². The van der Waals surface area contributed by atoms with E-state index in [4.69, 9.17) is 5.73 Å². The summed E-state index contributed by atoms with van der Waals surface area (Å²) >= 11 is 0. The molecule has 2 N–H and O–H groups in total. The molecule has 1 aliphatic heterocycles. The Morgan fingerprint density at radius 3 is 2.42 bits per heavy atom. The average molecular weight is 258 g/mol. The minimum absolute atomic E-state index is 0.0595. The molecule has 1 heterocycles. The fourth-order valence-electron chi connectivity index (χ4n) is 3.32. The molecule has 3 rings (SSSR count). The Hall–Kier alpha value is -1.35. The molecular weight excluding hydrogens is 236 g/mol. The maximum Gasteiger partial charge on any atom is 0.225 e. The first-order chi connectivity index (χ1) is 9.09. The van der Waals surface area contributed by atoms with Gasteiger partial charge in [-0.2, -0.15) is 0 Å². The van der Waals surface area contributed by atoms with Crippen molar-refractivity contribution in [3.05, 3.63) is 35.4 Å². The molecule has 2 fully saturated rings. The summed E-state index contributed by atoms with van der Waals surface area (Å²) in [7, 11) is 0. The van der Waals surface area contributed by atoms with Gasteiger partial charge in [0.2, 0.25) is 5.91 Å². The highest BCUT2D eigenvalue weighted by Crippen LogP contribution is 2.45. The number of carbonyl (C=O) groups excluding carboxylic acids is 1. The number of hydrogen-bond donors (Lipinski definition) is 1. The number of rotatable bonds is 3. The molecule has 0 radical (unpaired) electrons. The molecule has 19 heavy (non-hydrogen) atoms. The Balaban J connectivity index is 2.02. The van der Waals surface area contributed by atoms with Crippen molar-refractivity contribution in [1.29, 1.82) is 0 Å². The van der Waals surface area contributed by atoms with Gasteiger partial charge in [0.1, 0.15) is 0 Å². The van der Waals surface area contributed by atoms with E-state index in [1.54, 1.807) is 0 Å². The minimum Gasteiger partial charge on any atom is -0.332 e. The van der Waals surface area contributed by atoms with Crippen LogP contribution in [0, 0.1) is 0 Å². The molecule has 2 atom stereocenters. The maximum absolute atomic E-state index is 12.2. The van der Waals surface area contributed by atoms with Gasteiger partial charge in [-0.1, -0.05) is 24.3 Å². The number of likely N-dealkylation sites (tertiary alicyclic amines) is 1. The van der Waals surface area contributed by atoms with Crippen LogP contribution < -0.4 is 5.73 Å². The fraction of sp³-hybridized carbons (Fsp3) is 0.562. The van der Waals surface area contributed by atoms with Gasteiger partial charge in [0.05, 0.1) is 6.04 Å². The molecular formula is C16H22N2O. The van der Waals surface area contributed by atoms with Crippen LogP contribution in [0.2, 0.25) is 0 Å². The van der Waals surface area contributed by atoms with E-state index in [1.165, 1.54) is 24.0 Å². The lowest BCUT2D eigenvalue weighted by Gasteiger charge is -2.32. The highest BCUT2D eigenvalue weighted by Gasteiger charge is 2.42. The lowest BCUT2D eigenvalue weighted by Crippen LogP contribution is -2.38. The molecule has 0 bridgehead atoms. The SMILES string of the molecule is CC(C)N1C(=O)CC(N)C1c1ccccc1C1CC1. The van der Waals surface area contributed by atoms with E-state index in [0.29, 0.717) is 12.3 Å². The van der Waals surface area contributed by atoms with E-state index >= 15 is 0 Å². The normalized spacial score (nSPS) is 27.4. The lowest BCUT2D eigenvalue weighted by molar-refractivity contribution is -0.130. The van der Waals surface area contributed by atoms with Crippen molar-refractivity contribution in [2.75, 3.05) is 0 Å². The van der Waals surface area contributed by atoms with Gasteiger partial charge in [-0.3, -0.25) is 4.79 Å². The van der Waals surface area contributed by atoms with Crippen LogP contribution in [0.5, 0.6) is 0 Å². The van der Waals surface area contributed by atoms with Gasteiger partial charge in [0.25, 0.3) is 0 Å². The van der Waals surface area contributed by atoms with Crippen molar-refractivity contribution in [3.63, 3.8) is 0 Å². The van der Waals surface area contributed by atoms with Crippen LogP contribution >= 0.6 is 0 Å².